The van der Waals surface area contributed by atoms with Crippen molar-refractivity contribution in [3.05, 3.63) is 78.2 Å². The van der Waals surface area contributed by atoms with Gasteiger partial charge in [-0.15, -0.1) is 0 Å². The first-order valence-electron chi connectivity index (χ1n) is 7.84. The van der Waals surface area contributed by atoms with Gasteiger partial charge in [0.05, 0.1) is 6.20 Å². The molecular weight excluding hydrogens is 350 g/mol. The van der Waals surface area contributed by atoms with Gasteiger partial charge in [0, 0.05) is 46.5 Å². The number of hydrogen-bond donors (Lipinski definition) is 1. The lowest BCUT2D eigenvalue weighted by Gasteiger charge is -2.08. The van der Waals surface area contributed by atoms with Crippen LogP contribution >= 0.6 is 0 Å². The largest absolute Gasteiger partial charge is 0.438 e. The van der Waals surface area contributed by atoms with E-state index >= 15 is 0 Å². The topological polar surface area (TPSA) is 81.2 Å². The van der Waals surface area contributed by atoms with Gasteiger partial charge in [0.1, 0.15) is 5.75 Å². The summed E-state index contributed by atoms with van der Waals surface area (Å²) < 4.78 is 16.9. The molecule has 0 bridgehead atoms. The molecule has 0 radical (unpaired) electrons. The molecule has 132 valence electrons. The van der Waals surface area contributed by atoms with Crippen LogP contribution in [0.25, 0.3) is 0 Å². The number of rotatable bonds is 6. The minimum atomic E-state index is -0.951. The minimum Gasteiger partial charge on any atom is -0.438 e. The maximum atomic E-state index is 12.4. The molecule has 2 aromatic carbocycles. The number of nitrogens with zero attached hydrogens (tertiary/aromatic N) is 2. The van der Waals surface area contributed by atoms with Gasteiger partial charge in [-0.25, -0.2) is 4.98 Å². The van der Waals surface area contributed by atoms with E-state index in [0.29, 0.717) is 28.6 Å². The fourth-order valence-electron chi connectivity index (χ4n) is 2.31. The first-order chi connectivity index (χ1) is 12.6. The van der Waals surface area contributed by atoms with Crippen molar-refractivity contribution < 1.29 is 13.7 Å². The lowest BCUT2D eigenvalue weighted by atomic mass is 10.1. The monoisotopic (exact) mass is 367 g/mol. The number of amides is 1. The highest BCUT2D eigenvalue weighted by molar-refractivity contribution is 7.83. The summed E-state index contributed by atoms with van der Waals surface area (Å²) in [5.41, 5.74) is 2.03. The maximum Gasteiger partial charge on any atom is 0.255 e. The minimum absolute atomic E-state index is 0.226. The van der Waals surface area contributed by atoms with Gasteiger partial charge in [-0.2, -0.15) is 0 Å². The number of ether oxygens (including phenoxy) is 1. The van der Waals surface area contributed by atoms with Gasteiger partial charge in [0.2, 0.25) is 5.88 Å². The number of carbonyl (C=O) groups is 1. The zero-order chi connectivity index (χ0) is 18.4. The SMILES string of the molecule is C[S@@](=O)Cc1cccc(C(=O)Nc2ccc(Oc3cnccn3)cc2)c1. The molecule has 7 heteroatoms. The number of carbonyl (C=O) groups excluding carboxylic acids is 1. The number of aromatic nitrogens is 2. The van der Waals surface area contributed by atoms with Crippen molar-refractivity contribution in [1.29, 1.82) is 0 Å². The summed E-state index contributed by atoms with van der Waals surface area (Å²) in [6.07, 6.45) is 6.27. The summed E-state index contributed by atoms with van der Waals surface area (Å²) in [4.78, 5) is 20.4. The zero-order valence-corrected chi connectivity index (χ0v) is 14.9. The standard InChI is InChI=1S/C19H17N3O3S/c1-26(24)13-14-3-2-4-15(11-14)19(23)22-16-5-7-17(8-6-16)25-18-12-20-9-10-21-18/h2-12H,13H2,1H3,(H,22,23)/t26-/m1/s1. The third-order valence-electron chi connectivity index (χ3n) is 3.43. The molecule has 3 aromatic rings. The average Bonchev–Trinajstić information content (AvgIpc) is 2.64. The quantitative estimate of drug-likeness (QED) is 0.722. The highest BCUT2D eigenvalue weighted by Gasteiger charge is 2.08. The van der Waals surface area contributed by atoms with Crippen LogP contribution in [0, 0.1) is 0 Å². The molecule has 0 fully saturated rings. The van der Waals surface area contributed by atoms with Crippen LogP contribution in [0.2, 0.25) is 0 Å². The van der Waals surface area contributed by atoms with E-state index in [1.807, 2.05) is 6.07 Å². The van der Waals surface area contributed by atoms with E-state index in [1.165, 1.54) is 6.20 Å². The van der Waals surface area contributed by atoms with Crippen molar-refractivity contribution in [1.82, 2.24) is 9.97 Å². The first kappa shape index (κ1) is 17.8. The molecule has 0 aliphatic carbocycles. The Bertz CT molecular complexity index is 915. The Hall–Kier alpha value is -3.06. The van der Waals surface area contributed by atoms with Crippen molar-refractivity contribution in [2.24, 2.45) is 0 Å². The fraction of sp³-hybridized carbons (Fsp3) is 0.105. The van der Waals surface area contributed by atoms with Crippen LogP contribution in [-0.2, 0) is 16.6 Å². The molecule has 1 atom stereocenters. The summed E-state index contributed by atoms with van der Waals surface area (Å²) in [6.45, 7) is 0. The Morgan fingerprint density at radius 2 is 1.96 bits per heavy atom. The van der Waals surface area contributed by atoms with Crippen LogP contribution in [0.3, 0.4) is 0 Å². The van der Waals surface area contributed by atoms with E-state index in [2.05, 4.69) is 15.3 Å². The molecular formula is C19H17N3O3S. The lowest BCUT2D eigenvalue weighted by molar-refractivity contribution is 0.102. The molecule has 3 rings (SSSR count). The average molecular weight is 367 g/mol. The van der Waals surface area contributed by atoms with Crippen LogP contribution in [0.5, 0.6) is 11.6 Å². The Morgan fingerprint density at radius 3 is 2.65 bits per heavy atom. The number of hydrogen-bond acceptors (Lipinski definition) is 5. The maximum absolute atomic E-state index is 12.4. The molecule has 0 unspecified atom stereocenters. The van der Waals surface area contributed by atoms with Gasteiger partial charge in [-0.05, 0) is 42.0 Å². The van der Waals surface area contributed by atoms with Crippen LogP contribution in [0.1, 0.15) is 15.9 Å². The van der Waals surface area contributed by atoms with E-state index in [9.17, 15) is 9.00 Å². The van der Waals surface area contributed by atoms with Crippen LogP contribution in [-0.4, -0.2) is 26.3 Å². The molecule has 6 nitrogen and oxygen atoms in total. The van der Waals surface area contributed by atoms with E-state index in [4.69, 9.17) is 4.74 Å². The smallest absolute Gasteiger partial charge is 0.255 e. The van der Waals surface area contributed by atoms with Gasteiger partial charge in [-0.3, -0.25) is 14.0 Å². The van der Waals surface area contributed by atoms with Crippen LogP contribution in [0.15, 0.2) is 67.1 Å². The fourth-order valence-corrected chi connectivity index (χ4v) is 2.95. The molecule has 26 heavy (non-hydrogen) atoms. The number of anilines is 1. The Balaban J connectivity index is 1.65. The Morgan fingerprint density at radius 1 is 1.15 bits per heavy atom. The summed E-state index contributed by atoms with van der Waals surface area (Å²) in [5.74, 6) is 1.19. The van der Waals surface area contributed by atoms with Crippen LogP contribution in [0.4, 0.5) is 5.69 Å². The lowest BCUT2D eigenvalue weighted by Crippen LogP contribution is -2.12. The van der Waals surface area contributed by atoms with Crippen molar-refractivity contribution in [2.45, 2.75) is 5.75 Å². The molecule has 1 aromatic heterocycles. The second-order valence-electron chi connectivity index (χ2n) is 5.54. The summed E-state index contributed by atoms with van der Waals surface area (Å²) in [6, 6.07) is 14.1. The molecule has 1 heterocycles. The normalized spacial score (nSPS) is 11.6. The first-order valence-corrected chi connectivity index (χ1v) is 9.57. The molecule has 0 spiro atoms. The molecule has 1 amide bonds. The summed E-state index contributed by atoms with van der Waals surface area (Å²) in [5, 5.41) is 2.83. The second-order valence-corrected chi connectivity index (χ2v) is 6.98. The highest BCUT2D eigenvalue weighted by atomic mass is 32.2. The molecule has 1 N–H and O–H groups in total. The molecule has 0 saturated carbocycles. The van der Waals surface area contributed by atoms with Crippen molar-refractivity contribution in [3.8, 4) is 11.6 Å². The zero-order valence-electron chi connectivity index (χ0n) is 14.1. The second kappa shape index (κ2) is 8.35. The summed E-state index contributed by atoms with van der Waals surface area (Å²) in [7, 11) is -0.951. The highest BCUT2D eigenvalue weighted by Crippen LogP contribution is 2.21. The number of benzene rings is 2. The van der Waals surface area contributed by atoms with Gasteiger partial charge in [-0.1, -0.05) is 12.1 Å². The van der Waals surface area contributed by atoms with E-state index in [1.54, 1.807) is 61.1 Å². The Kier molecular flexibility index (Phi) is 5.70. The third kappa shape index (κ3) is 4.97. The molecule has 0 aliphatic rings. The molecule has 0 aliphatic heterocycles. The van der Waals surface area contributed by atoms with E-state index < -0.39 is 10.8 Å². The van der Waals surface area contributed by atoms with Gasteiger partial charge in [0.25, 0.3) is 5.91 Å². The predicted octanol–water partition coefficient (Wildman–Crippen LogP) is 3.40. The summed E-state index contributed by atoms with van der Waals surface area (Å²) >= 11 is 0. The Labute approximate surface area is 153 Å². The van der Waals surface area contributed by atoms with Crippen LogP contribution < -0.4 is 10.1 Å². The van der Waals surface area contributed by atoms with Gasteiger partial charge in [0.15, 0.2) is 0 Å². The van der Waals surface area contributed by atoms with Gasteiger partial charge < -0.3 is 10.1 Å². The number of nitrogens with one attached hydrogen (secondary N) is 1. The van der Waals surface area contributed by atoms with E-state index in [0.717, 1.165) is 5.56 Å². The van der Waals surface area contributed by atoms with Crippen molar-refractivity contribution >= 4 is 22.4 Å². The van der Waals surface area contributed by atoms with Gasteiger partial charge >= 0.3 is 0 Å². The predicted molar refractivity (Wildman–Crippen MR) is 101 cm³/mol. The molecule has 0 saturated heterocycles. The third-order valence-corrected chi connectivity index (χ3v) is 4.17. The van der Waals surface area contributed by atoms with Crippen molar-refractivity contribution in [2.75, 3.05) is 11.6 Å². The van der Waals surface area contributed by atoms with E-state index in [-0.39, 0.29) is 5.91 Å². The van der Waals surface area contributed by atoms with Crippen molar-refractivity contribution in [3.63, 3.8) is 0 Å².